The third-order valence-corrected chi connectivity index (χ3v) is 2.97. The van der Waals surface area contributed by atoms with Crippen molar-refractivity contribution in [1.29, 1.82) is 0 Å². The highest BCUT2D eigenvalue weighted by Gasteiger charge is 2.29. The molecule has 1 aromatic rings. The van der Waals surface area contributed by atoms with Gasteiger partial charge in [-0.25, -0.2) is 0 Å². The van der Waals surface area contributed by atoms with Crippen LogP contribution in [0.2, 0.25) is 0 Å². The largest absolute Gasteiger partial charge is 0.465 e. The van der Waals surface area contributed by atoms with Gasteiger partial charge in [-0.3, -0.25) is 4.79 Å². The number of amides is 1. The number of nitrogens with one attached hydrogen (secondary N) is 2. The SMILES string of the molecule is COC1CNC(C(=O)NCc2ccc(C)o2)C1. The van der Waals surface area contributed by atoms with Crippen molar-refractivity contribution in [2.45, 2.75) is 32.0 Å². The van der Waals surface area contributed by atoms with Gasteiger partial charge >= 0.3 is 0 Å². The molecule has 94 valence electrons. The van der Waals surface area contributed by atoms with Crippen LogP contribution in [0.15, 0.2) is 16.5 Å². The Morgan fingerprint density at radius 3 is 3.06 bits per heavy atom. The van der Waals surface area contributed by atoms with E-state index in [0.717, 1.165) is 24.5 Å². The first-order valence-electron chi connectivity index (χ1n) is 5.78. The molecule has 1 aliphatic heterocycles. The lowest BCUT2D eigenvalue weighted by atomic mass is 10.2. The van der Waals surface area contributed by atoms with Crippen LogP contribution >= 0.6 is 0 Å². The third-order valence-electron chi connectivity index (χ3n) is 2.97. The number of methoxy groups -OCH3 is 1. The number of hydrogen-bond donors (Lipinski definition) is 2. The predicted molar refractivity (Wildman–Crippen MR) is 62.5 cm³/mol. The second-order valence-corrected chi connectivity index (χ2v) is 4.28. The Balaban J connectivity index is 1.78. The van der Waals surface area contributed by atoms with Crippen LogP contribution in [0, 0.1) is 6.92 Å². The lowest BCUT2D eigenvalue weighted by Crippen LogP contribution is -2.39. The molecule has 0 aliphatic carbocycles. The quantitative estimate of drug-likeness (QED) is 0.805. The van der Waals surface area contributed by atoms with E-state index in [2.05, 4.69) is 10.6 Å². The molecular weight excluding hydrogens is 220 g/mol. The standard InChI is InChI=1S/C12H18N2O3/c1-8-3-4-9(17-8)6-14-12(15)11-5-10(16-2)7-13-11/h3-4,10-11,13H,5-7H2,1-2H3,(H,14,15). The normalized spacial score (nSPS) is 23.9. The molecule has 0 spiro atoms. The summed E-state index contributed by atoms with van der Waals surface area (Å²) in [5.74, 6) is 1.63. The van der Waals surface area contributed by atoms with Crippen molar-refractivity contribution in [1.82, 2.24) is 10.6 Å². The van der Waals surface area contributed by atoms with Gasteiger partial charge in [-0.15, -0.1) is 0 Å². The van der Waals surface area contributed by atoms with Crippen LogP contribution < -0.4 is 10.6 Å². The van der Waals surface area contributed by atoms with Gasteiger partial charge in [-0.1, -0.05) is 0 Å². The van der Waals surface area contributed by atoms with Gasteiger partial charge < -0.3 is 19.8 Å². The maximum Gasteiger partial charge on any atom is 0.237 e. The monoisotopic (exact) mass is 238 g/mol. The van der Waals surface area contributed by atoms with Gasteiger partial charge in [0.25, 0.3) is 0 Å². The summed E-state index contributed by atoms with van der Waals surface area (Å²) in [6.45, 7) is 3.05. The van der Waals surface area contributed by atoms with Crippen LogP contribution in [-0.2, 0) is 16.1 Å². The average molecular weight is 238 g/mol. The van der Waals surface area contributed by atoms with Crippen LogP contribution in [0.25, 0.3) is 0 Å². The maximum absolute atomic E-state index is 11.8. The second kappa shape index (κ2) is 5.33. The predicted octanol–water partition coefficient (Wildman–Crippen LogP) is 0.581. The van der Waals surface area contributed by atoms with E-state index in [4.69, 9.17) is 9.15 Å². The van der Waals surface area contributed by atoms with Crippen molar-refractivity contribution >= 4 is 5.91 Å². The summed E-state index contributed by atoms with van der Waals surface area (Å²) in [5.41, 5.74) is 0. The first-order chi connectivity index (χ1) is 8.19. The Morgan fingerprint density at radius 1 is 1.65 bits per heavy atom. The molecule has 1 aromatic heterocycles. The van der Waals surface area contributed by atoms with Gasteiger partial charge in [-0.05, 0) is 25.5 Å². The zero-order valence-electron chi connectivity index (χ0n) is 10.2. The van der Waals surface area contributed by atoms with Gasteiger partial charge in [0.1, 0.15) is 11.5 Å². The molecule has 2 unspecified atom stereocenters. The van der Waals surface area contributed by atoms with E-state index in [9.17, 15) is 4.79 Å². The number of rotatable bonds is 4. The zero-order valence-corrected chi connectivity index (χ0v) is 10.2. The van der Waals surface area contributed by atoms with E-state index in [0.29, 0.717) is 6.54 Å². The van der Waals surface area contributed by atoms with Gasteiger partial charge in [0, 0.05) is 13.7 Å². The van der Waals surface area contributed by atoms with E-state index in [1.54, 1.807) is 7.11 Å². The van der Waals surface area contributed by atoms with Gasteiger partial charge in [0.05, 0.1) is 18.7 Å². The van der Waals surface area contributed by atoms with Crippen molar-refractivity contribution in [2.75, 3.05) is 13.7 Å². The molecule has 1 fully saturated rings. The van der Waals surface area contributed by atoms with E-state index in [1.165, 1.54) is 0 Å². The molecule has 5 heteroatoms. The Bertz CT molecular complexity index is 389. The summed E-state index contributed by atoms with van der Waals surface area (Å²) in [7, 11) is 1.66. The van der Waals surface area contributed by atoms with Crippen molar-refractivity contribution in [2.24, 2.45) is 0 Å². The molecule has 0 radical (unpaired) electrons. The van der Waals surface area contributed by atoms with Gasteiger partial charge in [0.15, 0.2) is 0 Å². The summed E-state index contributed by atoms with van der Waals surface area (Å²) < 4.78 is 10.6. The highest BCUT2D eigenvalue weighted by Crippen LogP contribution is 2.10. The summed E-state index contributed by atoms with van der Waals surface area (Å²) in [6.07, 6.45) is 0.857. The second-order valence-electron chi connectivity index (χ2n) is 4.28. The average Bonchev–Trinajstić information content (AvgIpc) is 2.94. The minimum Gasteiger partial charge on any atom is -0.465 e. The Labute approximate surface area is 101 Å². The highest BCUT2D eigenvalue weighted by atomic mass is 16.5. The molecule has 1 aliphatic rings. The van der Waals surface area contributed by atoms with Crippen molar-refractivity contribution in [3.63, 3.8) is 0 Å². The molecule has 0 saturated carbocycles. The number of furan rings is 1. The van der Waals surface area contributed by atoms with Crippen LogP contribution in [0.5, 0.6) is 0 Å². The fourth-order valence-corrected chi connectivity index (χ4v) is 1.96. The van der Waals surface area contributed by atoms with Gasteiger partial charge in [0.2, 0.25) is 5.91 Å². The van der Waals surface area contributed by atoms with Crippen LogP contribution in [-0.4, -0.2) is 31.7 Å². The fourth-order valence-electron chi connectivity index (χ4n) is 1.96. The molecule has 1 amide bonds. The third kappa shape index (κ3) is 3.08. The first-order valence-corrected chi connectivity index (χ1v) is 5.78. The fraction of sp³-hybridized carbons (Fsp3) is 0.583. The molecule has 2 N–H and O–H groups in total. The minimum absolute atomic E-state index is 0.00129. The zero-order chi connectivity index (χ0) is 12.3. The van der Waals surface area contributed by atoms with Crippen LogP contribution in [0.4, 0.5) is 0 Å². The van der Waals surface area contributed by atoms with Crippen molar-refractivity contribution in [3.05, 3.63) is 23.7 Å². The minimum atomic E-state index is -0.156. The number of hydrogen-bond acceptors (Lipinski definition) is 4. The lowest BCUT2D eigenvalue weighted by molar-refractivity contribution is -0.123. The Morgan fingerprint density at radius 2 is 2.47 bits per heavy atom. The molecule has 0 bridgehead atoms. The van der Waals surface area contributed by atoms with Crippen LogP contribution in [0.3, 0.4) is 0 Å². The molecule has 2 rings (SSSR count). The topological polar surface area (TPSA) is 63.5 Å². The first kappa shape index (κ1) is 12.1. The Hall–Kier alpha value is -1.33. The maximum atomic E-state index is 11.8. The summed E-state index contributed by atoms with van der Waals surface area (Å²) >= 11 is 0. The van der Waals surface area contributed by atoms with Gasteiger partial charge in [-0.2, -0.15) is 0 Å². The number of carbonyl (C=O) groups excluding carboxylic acids is 1. The summed E-state index contributed by atoms with van der Waals surface area (Å²) in [6, 6.07) is 3.60. The smallest absolute Gasteiger partial charge is 0.237 e. The number of carbonyl (C=O) groups is 1. The van der Waals surface area contributed by atoms with E-state index in [-0.39, 0.29) is 18.1 Å². The molecule has 17 heavy (non-hydrogen) atoms. The lowest BCUT2D eigenvalue weighted by Gasteiger charge is -2.10. The highest BCUT2D eigenvalue weighted by molar-refractivity contribution is 5.82. The van der Waals surface area contributed by atoms with Crippen molar-refractivity contribution in [3.8, 4) is 0 Å². The summed E-state index contributed by atoms with van der Waals surface area (Å²) in [4.78, 5) is 11.8. The molecular formula is C12H18N2O3. The number of aryl methyl sites for hydroxylation is 1. The van der Waals surface area contributed by atoms with E-state index in [1.807, 2.05) is 19.1 Å². The summed E-state index contributed by atoms with van der Waals surface area (Å²) in [5, 5.41) is 5.98. The molecule has 2 atom stereocenters. The molecule has 1 saturated heterocycles. The van der Waals surface area contributed by atoms with Crippen molar-refractivity contribution < 1.29 is 13.9 Å². The molecule has 2 heterocycles. The Kier molecular flexibility index (Phi) is 3.81. The number of ether oxygens (including phenoxy) is 1. The van der Waals surface area contributed by atoms with Crippen LogP contribution in [0.1, 0.15) is 17.9 Å². The molecule has 5 nitrogen and oxygen atoms in total. The molecule has 0 aromatic carbocycles. The van der Waals surface area contributed by atoms with E-state index >= 15 is 0 Å². The van der Waals surface area contributed by atoms with E-state index < -0.39 is 0 Å².